The molecule has 2 amide bonds. The molecular weight excluding hydrogens is 450 g/mol. The summed E-state index contributed by atoms with van der Waals surface area (Å²) in [4.78, 5) is 32.9. The molecule has 32 heavy (non-hydrogen) atoms. The molecule has 1 aliphatic heterocycles. The molecule has 2 aromatic carbocycles. The van der Waals surface area contributed by atoms with Crippen LogP contribution < -0.4 is 19.7 Å². The number of aryl methyl sites for hydroxylation is 2. The van der Waals surface area contributed by atoms with Crippen molar-refractivity contribution in [1.29, 1.82) is 0 Å². The number of fused-ring (bicyclic) bond motifs is 1. The molecule has 0 bridgehead atoms. The van der Waals surface area contributed by atoms with Crippen LogP contribution in [0.5, 0.6) is 11.5 Å². The van der Waals surface area contributed by atoms with E-state index in [1.54, 1.807) is 36.5 Å². The van der Waals surface area contributed by atoms with Crippen LogP contribution >= 0.6 is 22.9 Å². The number of aromatic nitrogens is 1. The molecule has 0 fully saturated rings. The summed E-state index contributed by atoms with van der Waals surface area (Å²) in [5, 5.41) is 4.20. The Kier molecular flexibility index (Phi) is 6.08. The second kappa shape index (κ2) is 8.80. The summed E-state index contributed by atoms with van der Waals surface area (Å²) in [6.45, 7) is 5.44. The van der Waals surface area contributed by atoms with E-state index < -0.39 is 6.10 Å². The summed E-state index contributed by atoms with van der Waals surface area (Å²) in [6, 6.07) is 10.5. The minimum Gasteiger partial charge on any atom is -0.495 e. The van der Waals surface area contributed by atoms with E-state index in [1.807, 2.05) is 32.0 Å². The predicted octanol–water partition coefficient (Wildman–Crippen LogP) is 4.84. The van der Waals surface area contributed by atoms with Crippen molar-refractivity contribution in [1.82, 2.24) is 4.98 Å². The Hall–Kier alpha value is -3.10. The average Bonchev–Trinajstić information content (AvgIpc) is 3.09. The number of halogens is 1. The van der Waals surface area contributed by atoms with Gasteiger partial charge in [-0.25, -0.2) is 4.98 Å². The number of anilines is 2. The number of nitrogens with zero attached hydrogens (tertiary/aromatic N) is 2. The van der Waals surface area contributed by atoms with Gasteiger partial charge in [0, 0.05) is 15.5 Å². The number of carbonyl (C=O) groups excluding carboxylic acids is 2. The molecule has 9 heteroatoms. The molecule has 0 spiro atoms. The summed E-state index contributed by atoms with van der Waals surface area (Å²) in [5.74, 6) is 0.333. The summed E-state index contributed by atoms with van der Waals surface area (Å²) < 4.78 is 11.1. The second-order valence-corrected chi connectivity index (χ2v) is 9.24. The molecule has 4 rings (SSSR count). The van der Waals surface area contributed by atoms with Crippen molar-refractivity contribution in [3.05, 3.63) is 51.3 Å². The third-order valence-corrected chi connectivity index (χ3v) is 6.20. The first-order valence-electron chi connectivity index (χ1n) is 9.96. The van der Waals surface area contributed by atoms with Gasteiger partial charge in [0.1, 0.15) is 18.0 Å². The average molecular weight is 472 g/mol. The fourth-order valence-corrected chi connectivity index (χ4v) is 4.64. The first kappa shape index (κ1) is 22.1. The van der Waals surface area contributed by atoms with Gasteiger partial charge in [0.05, 0.1) is 29.2 Å². The lowest BCUT2D eigenvalue weighted by molar-refractivity contribution is -0.127. The SMILES string of the molecule is COc1ccc(Cl)cc1NC(=O)CN1C(=O)C(C)Oc2ccc(-c3nc(C)sc3C)cc21. The van der Waals surface area contributed by atoms with Crippen LogP contribution in [0.1, 0.15) is 16.8 Å². The highest BCUT2D eigenvalue weighted by Crippen LogP contribution is 2.39. The Labute approximate surface area is 194 Å². The Morgan fingerprint density at radius 2 is 2.06 bits per heavy atom. The molecule has 3 aromatic rings. The van der Waals surface area contributed by atoms with Crippen molar-refractivity contribution in [3.8, 4) is 22.8 Å². The lowest BCUT2D eigenvalue weighted by Crippen LogP contribution is -2.47. The Morgan fingerprint density at radius 1 is 1.28 bits per heavy atom. The van der Waals surface area contributed by atoms with Crippen LogP contribution in [-0.2, 0) is 9.59 Å². The number of methoxy groups -OCH3 is 1. The van der Waals surface area contributed by atoms with Crippen LogP contribution in [0.15, 0.2) is 36.4 Å². The number of rotatable bonds is 5. The molecule has 0 aliphatic carbocycles. The number of ether oxygens (including phenoxy) is 2. The molecule has 1 unspecified atom stereocenters. The number of nitrogens with one attached hydrogen (secondary N) is 1. The summed E-state index contributed by atoms with van der Waals surface area (Å²) in [6.07, 6.45) is -0.704. The largest absolute Gasteiger partial charge is 0.495 e. The highest BCUT2D eigenvalue weighted by atomic mass is 35.5. The maximum atomic E-state index is 12.9. The van der Waals surface area contributed by atoms with E-state index in [0.29, 0.717) is 27.9 Å². The number of benzene rings is 2. The van der Waals surface area contributed by atoms with Gasteiger partial charge >= 0.3 is 0 Å². The summed E-state index contributed by atoms with van der Waals surface area (Å²) >= 11 is 7.67. The second-order valence-electron chi connectivity index (χ2n) is 7.40. The van der Waals surface area contributed by atoms with Gasteiger partial charge in [-0.1, -0.05) is 11.6 Å². The molecule has 166 valence electrons. The summed E-state index contributed by atoms with van der Waals surface area (Å²) in [5.41, 5.74) is 2.68. The van der Waals surface area contributed by atoms with Gasteiger partial charge in [-0.05, 0) is 57.2 Å². The van der Waals surface area contributed by atoms with Crippen molar-refractivity contribution < 1.29 is 19.1 Å². The maximum Gasteiger partial charge on any atom is 0.268 e. The molecular formula is C23H22ClN3O4S. The molecule has 1 N–H and O–H groups in total. The molecule has 0 radical (unpaired) electrons. The number of hydrogen-bond acceptors (Lipinski definition) is 6. The van der Waals surface area contributed by atoms with Gasteiger partial charge in [-0.3, -0.25) is 14.5 Å². The van der Waals surface area contributed by atoms with Gasteiger partial charge in [-0.2, -0.15) is 0 Å². The predicted molar refractivity (Wildman–Crippen MR) is 126 cm³/mol. The minimum absolute atomic E-state index is 0.187. The van der Waals surface area contributed by atoms with Gasteiger partial charge in [0.15, 0.2) is 6.10 Å². The Balaban J connectivity index is 1.65. The fourth-order valence-electron chi connectivity index (χ4n) is 3.63. The van der Waals surface area contributed by atoms with E-state index in [9.17, 15) is 9.59 Å². The van der Waals surface area contributed by atoms with Crippen LogP contribution in [-0.4, -0.2) is 36.6 Å². The van der Waals surface area contributed by atoms with Crippen molar-refractivity contribution in [3.63, 3.8) is 0 Å². The number of amides is 2. The maximum absolute atomic E-state index is 12.9. The van der Waals surface area contributed by atoms with Crippen molar-refractivity contribution >= 4 is 46.1 Å². The molecule has 0 saturated heterocycles. The molecule has 1 atom stereocenters. The van der Waals surface area contributed by atoms with E-state index >= 15 is 0 Å². The third-order valence-electron chi connectivity index (χ3n) is 5.08. The third kappa shape index (κ3) is 4.28. The van der Waals surface area contributed by atoms with E-state index in [2.05, 4.69) is 10.3 Å². The van der Waals surface area contributed by atoms with Gasteiger partial charge in [0.2, 0.25) is 5.91 Å². The molecule has 0 saturated carbocycles. The monoisotopic (exact) mass is 471 g/mol. The normalized spacial score (nSPS) is 15.2. The first-order valence-corrected chi connectivity index (χ1v) is 11.2. The van der Waals surface area contributed by atoms with Gasteiger partial charge in [0.25, 0.3) is 5.91 Å². The van der Waals surface area contributed by atoms with Crippen LogP contribution in [0, 0.1) is 13.8 Å². The molecule has 7 nitrogen and oxygen atoms in total. The highest BCUT2D eigenvalue weighted by molar-refractivity contribution is 7.11. The van der Waals surface area contributed by atoms with E-state index in [-0.39, 0.29) is 18.4 Å². The molecule has 2 heterocycles. The zero-order chi connectivity index (χ0) is 23.0. The number of carbonyl (C=O) groups is 2. The van der Waals surface area contributed by atoms with E-state index in [0.717, 1.165) is 21.1 Å². The van der Waals surface area contributed by atoms with E-state index in [4.69, 9.17) is 21.1 Å². The number of thiazole rings is 1. The van der Waals surface area contributed by atoms with Gasteiger partial charge < -0.3 is 14.8 Å². The van der Waals surface area contributed by atoms with Crippen LogP contribution in [0.4, 0.5) is 11.4 Å². The van der Waals surface area contributed by atoms with Crippen molar-refractivity contribution in [2.45, 2.75) is 26.9 Å². The molecule has 1 aromatic heterocycles. The van der Waals surface area contributed by atoms with Crippen LogP contribution in [0.2, 0.25) is 5.02 Å². The van der Waals surface area contributed by atoms with Crippen molar-refractivity contribution in [2.75, 3.05) is 23.9 Å². The van der Waals surface area contributed by atoms with Gasteiger partial charge in [-0.15, -0.1) is 11.3 Å². The zero-order valence-corrected chi connectivity index (χ0v) is 19.6. The standard InChI is InChI=1S/C23H22ClN3O4S/c1-12-23(29)27(11-21(28)26-17-10-16(24)6-8-19(17)30-4)18-9-15(5-7-20(18)31-12)22-13(2)32-14(3)25-22/h5-10,12H,11H2,1-4H3,(H,26,28). The Morgan fingerprint density at radius 3 is 2.75 bits per heavy atom. The quantitative estimate of drug-likeness (QED) is 0.575. The number of hydrogen-bond donors (Lipinski definition) is 1. The Bertz CT molecular complexity index is 1210. The smallest absolute Gasteiger partial charge is 0.268 e. The molecule has 1 aliphatic rings. The first-order chi connectivity index (χ1) is 15.3. The topological polar surface area (TPSA) is 80.8 Å². The lowest BCUT2D eigenvalue weighted by Gasteiger charge is -2.33. The van der Waals surface area contributed by atoms with Crippen molar-refractivity contribution in [2.24, 2.45) is 0 Å². The highest BCUT2D eigenvalue weighted by Gasteiger charge is 2.33. The fraction of sp³-hybridized carbons (Fsp3) is 0.261. The van der Waals surface area contributed by atoms with Crippen LogP contribution in [0.3, 0.4) is 0 Å². The lowest BCUT2D eigenvalue weighted by atomic mass is 10.1. The van der Waals surface area contributed by atoms with E-state index in [1.165, 1.54) is 12.0 Å². The summed E-state index contributed by atoms with van der Waals surface area (Å²) in [7, 11) is 1.51. The van der Waals surface area contributed by atoms with Crippen LogP contribution in [0.25, 0.3) is 11.3 Å². The minimum atomic E-state index is -0.704. The zero-order valence-electron chi connectivity index (χ0n) is 18.1.